The van der Waals surface area contributed by atoms with Gasteiger partial charge in [-0.25, -0.2) is 15.0 Å². The number of thioether (sulfide) groups is 1. The summed E-state index contributed by atoms with van der Waals surface area (Å²) in [5.74, 6) is 0.939. The summed E-state index contributed by atoms with van der Waals surface area (Å²) in [5.41, 5.74) is 6.25. The monoisotopic (exact) mass is 477 g/mol. The van der Waals surface area contributed by atoms with Crippen molar-refractivity contribution in [3.63, 3.8) is 0 Å². The zero-order chi connectivity index (χ0) is 22.2. The van der Waals surface area contributed by atoms with Gasteiger partial charge in [-0.2, -0.15) is 0 Å². The third kappa shape index (κ3) is 3.99. The van der Waals surface area contributed by atoms with E-state index in [1.807, 2.05) is 6.26 Å². The molecule has 8 heteroatoms. The number of aromatic nitrogens is 3. The molecule has 0 bridgehead atoms. The van der Waals surface area contributed by atoms with Crippen molar-refractivity contribution < 1.29 is 4.74 Å². The second kappa shape index (κ2) is 9.18. The second-order valence-electron chi connectivity index (χ2n) is 8.54. The molecular formula is C25H27N5OS2. The summed E-state index contributed by atoms with van der Waals surface area (Å²) >= 11 is 3.33. The Morgan fingerprint density at radius 1 is 1.06 bits per heavy atom. The van der Waals surface area contributed by atoms with Gasteiger partial charge in [0.1, 0.15) is 10.6 Å². The average Bonchev–Trinajstić information content (AvgIpc) is 3.49. The highest BCUT2D eigenvalue weighted by molar-refractivity contribution is 7.98. The standard InChI is InChI=1S/C25H27N5OS2/c1-32-25-28-21-19-17-8-5-9-18(17)20(16-6-3-2-4-7-16)27-24(19)33-22(21)23(29-25)26-10-11-30-12-14-31-15-13-30/h2-4,6-7H,5,8-15H2,1H3,(H,26,28,29). The topological polar surface area (TPSA) is 63.2 Å². The average molecular weight is 478 g/mol. The first-order valence-corrected chi connectivity index (χ1v) is 13.7. The van der Waals surface area contributed by atoms with Gasteiger partial charge in [-0.15, -0.1) is 11.3 Å². The van der Waals surface area contributed by atoms with E-state index < -0.39 is 0 Å². The van der Waals surface area contributed by atoms with Crippen molar-refractivity contribution in [1.82, 2.24) is 19.9 Å². The smallest absolute Gasteiger partial charge is 0.189 e. The molecule has 4 heterocycles. The Morgan fingerprint density at radius 3 is 2.70 bits per heavy atom. The predicted molar refractivity (Wildman–Crippen MR) is 138 cm³/mol. The van der Waals surface area contributed by atoms with E-state index in [2.05, 4.69) is 40.5 Å². The number of hydrogen-bond acceptors (Lipinski definition) is 8. The van der Waals surface area contributed by atoms with Crippen molar-refractivity contribution in [2.45, 2.75) is 24.4 Å². The molecule has 6 rings (SSSR count). The lowest BCUT2D eigenvalue weighted by Crippen LogP contribution is -2.39. The van der Waals surface area contributed by atoms with Crippen LogP contribution in [0.4, 0.5) is 5.82 Å². The van der Waals surface area contributed by atoms with Crippen LogP contribution in [0.2, 0.25) is 0 Å². The van der Waals surface area contributed by atoms with Gasteiger partial charge in [-0.05, 0) is 36.6 Å². The molecule has 0 saturated carbocycles. The molecule has 0 amide bonds. The lowest BCUT2D eigenvalue weighted by molar-refractivity contribution is 0.0398. The molecule has 2 aliphatic rings. The van der Waals surface area contributed by atoms with Crippen LogP contribution in [0.25, 0.3) is 31.7 Å². The third-order valence-electron chi connectivity index (χ3n) is 6.57. The van der Waals surface area contributed by atoms with Gasteiger partial charge < -0.3 is 10.1 Å². The minimum atomic E-state index is 0.815. The van der Waals surface area contributed by atoms with Crippen LogP contribution < -0.4 is 5.32 Å². The number of pyridine rings is 1. The Morgan fingerprint density at radius 2 is 1.88 bits per heavy atom. The number of nitrogens with one attached hydrogen (secondary N) is 1. The van der Waals surface area contributed by atoms with Crippen molar-refractivity contribution in [2.75, 3.05) is 51.0 Å². The van der Waals surface area contributed by atoms with Crippen LogP contribution in [0, 0.1) is 0 Å². The Labute approximate surface area is 201 Å². The molecule has 1 aliphatic heterocycles. The van der Waals surface area contributed by atoms with Crippen LogP contribution in [0.1, 0.15) is 17.5 Å². The predicted octanol–water partition coefficient (Wildman–Crippen LogP) is 4.86. The lowest BCUT2D eigenvalue weighted by atomic mass is 10.0. The first kappa shape index (κ1) is 21.3. The maximum Gasteiger partial charge on any atom is 0.189 e. The van der Waals surface area contributed by atoms with Gasteiger partial charge >= 0.3 is 0 Å². The molecule has 3 aromatic heterocycles. The number of rotatable bonds is 6. The summed E-state index contributed by atoms with van der Waals surface area (Å²) in [6.45, 7) is 5.49. The number of thiophene rings is 1. The number of ether oxygens (including phenoxy) is 1. The van der Waals surface area contributed by atoms with Crippen LogP contribution in [0.5, 0.6) is 0 Å². The fraction of sp³-hybridized carbons (Fsp3) is 0.400. The molecule has 0 spiro atoms. The minimum absolute atomic E-state index is 0.815. The van der Waals surface area contributed by atoms with Crippen molar-refractivity contribution in [3.8, 4) is 11.3 Å². The summed E-state index contributed by atoms with van der Waals surface area (Å²) in [5, 5.41) is 5.68. The van der Waals surface area contributed by atoms with Gasteiger partial charge in [-0.1, -0.05) is 42.1 Å². The van der Waals surface area contributed by atoms with Gasteiger partial charge in [-0.3, -0.25) is 4.90 Å². The van der Waals surface area contributed by atoms with Crippen molar-refractivity contribution in [2.24, 2.45) is 0 Å². The van der Waals surface area contributed by atoms with Crippen LogP contribution in [0.3, 0.4) is 0 Å². The molecule has 33 heavy (non-hydrogen) atoms. The zero-order valence-corrected chi connectivity index (χ0v) is 20.4. The number of aryl methyl sites for hydroxylation is 1. The van der Waals surface area contributed by atoms with Gasteiger partial charge in [0.25, 0.3) is 0 Å². The number of anilines is 1. The molecular weight excluding hydrogens is 450 g/mol. The number of fused-ring (bicyclic) bond motifs is 5. The molecule has 0 unspecified atom stereocenters. The summed E-state index contributed by atoms with van der Waals surface area (Å²) < 4.78 is 6.60. The highest BCUT2D eigenvalue weighted by atomic mass is 32.2. The minimum Gasteiger partial charge on any atom is -0.379 e. The van der Waals surface area contributed by atoms with Crippen LogP contribution in [-0.2, 0) is 17.6 Å². The molecule has 1 aliphatic carbocycles. The van der Waals surface area contributed by atoms with E-state index in [0.717, 1.165) is 83.9 Å². The lowest BCUT2D eigenvalue weighted by Gasteiger charge is -2.26. The Kier molecular flexibility index (Phi) is 5.92. The SMILES string of the molecule is CSc1nc(NCCN2CCOCC2)c2sc3nc(-c4ccccc4)c4c(c3c2n1)CCC4. The summed E-state index contributed by atoms with van der Waals surface area (Å²) in [6.07, 6.45) is 5.41. The maximum absolute atomic E-state index is 5.47. The van der Waals surface area contributed by atoms with Crippen molar-refractivity contribution in [3.05, 3.63) is 41.5 Å². The molecule has 0 radical (unpaired) electrons. The third-order valence-corrected chi connectivity index (χ3v) is 8.19. The van der Waals surface area contributed by atoms with Gasteiger partial charge in [0.2, 0.25) is 0 Å². The largest absolute Gasteiger partial charge is 0.379 e. The van der Waals surface area contributed by atoms with Crippen LogP contribution in [-0.4, -0.2) is 65.5 Å². The summed E-state index contributed by atoms with van der Waals surface area (Å²) in [4.78, 5) is 18.5. The van der Waals surface area contributed by atoms with Crippen LogP contribution in [0.15, 0.2) is 35.5 Å². The fourth-order valence-corrected chi connectivity index (χ4v) is 6.43. The highest BCUT2D eigenvalue weighted by Gasteiger charge is 2.25. The van der Waals surface area contributed by atoms with E-state index in [1.54, 1.807) is 23.1 Å². The molecule has 1 N–H and O–H groups in total. The maximum atomic E-state index is 5.47. The Balaban J connectivity index is 1.44. The fourth-order valence-electron chi connectivity index (χ4n) is 4.95. The molecule has 1 aromatic carbocycles. The summed E-state index contributed by atoms with van der Waals surface area (Å²) in [7, 11) is 0. The zero-order valence-electron chi connectivity index (χ0n) is 18.8. The van der Waals surface area contributed by atoms with E-state index in [-0.39, 0.29) is 0 Å². The number of morpholine rings is 1. The second-order valence-corrected chi connectivity index (χ2v) is 10.3. The van der Waals surface area contributed by atoms with Crippen molar-refractivity contribution >= 4 is 49.3 Å². The van der Waals surface area contributed by atoms with E-state index >= 15 is 0 Å². The molecule has 6 nitrogen and oxygen atoms in total. The highest BCUT2D eigenvalue weighted by Crippen LogP contribution is 2.43. The normalized spacial score (nSPS) is 16.5. The van der Waals surface area contributed by atoms with Gasteiger partial charge in [0.15, 0.2) is 5.16 Å². The van der Waals surface area contributed by atoms with E-state index in [1.165, 1.54) is 28.5 Å². The van der Waals surface area contributed by atoms with Crippen molar-refractivity contribution in [1.29, 1.82) is 0 Å². The molecule has 4 aromatic rings. The molecule has 0 atom stereocenters. The molecule has 170 valence electrons. The van der Waals surface area contributed by atoms with E-state index in [0.29, 0.717) is 0 Å². The first-order valence-electron chi connectivity index (χ1n) is 11.6. The Bertz CT molecular complexity index is 1300. The number of benzene rings is 1. The van der Waals surface area contributed by atoms with Gasteiger partial charge in [0, 0.05) is 37.1 Å². The van der Waals surface area contributed by atoms with Gasteiger partial charge in [0.05, 0.1) is 29.1 Å². The quantitative estimate of drug-likeness (QED) is 0.314. The molecule has 1 fully saturated rings. The summed E-state index contributed by atoms with van der Waals surface area (Å²) in [6, 6.07) is 10.6. The number of nitrogens with zero attached hydrogens (tertiary/aromatic N) is 4. The van der Waals surface area contributed by atoms with Crippen LogP contribution >= 0.6 is 23.1 Å². The number of hydrogen-bond donors (Lipinski definition) is 1. The Hall–Kier alpha value is -2.26. The van der Waals surface area contributed by atoms with E-state index in [4.69, 9.17) is 19.7 Å². The van der Waals surface area contributed by atoms with E-state index in [9.17, 15) is 0 Å². The first-order chi connectivity index (χ1) is 16.3. The molecule has 1 saturated heterocycles.